The van der Waals surface area contributed by atoms with E-state index in [0.717, 1.165) is 31.2 Å². The molecule has 0 heterocycles. The van der Waals surface area contributed by atoms with Crippen LogP contribution in [-0.4, -0.2) is 32.2 Å². The van der Waals surface area contributed by atoms with Crippen molar-refractivity contribution in [3.8, 4) is 0 Å². The van der Waals surface area contributed by atoms with Gasteiger partial charge in [0.25, 0.3) is 10.0 Å². The molecule has 2 amide bonds. The number of nitrogens with one attached hydrogen (secondary N) is 2. The largest absolute Gasteiger partial charge is 0.396 e. The Morgan fingerprint density at radius 1 is 1.04 bits per heavy atom. The van der Waals surface area contributed by atoms with Gasteiger partial charge in [0.15, 0.2) is 0 Å². The highest BCUT2D eigenvalue weighted by Crippen LogP contribution is 2.17. The molecule has 140 valence electrons. The molecule has 0 aromatic heterocycles. The van der Waals surface area contributed by atoms with Crippen molar-refractivity contribution in [2.45, 2.75) is 68.7 Å². The lowest BCUT2D eigenvalue weighted by atomic mass is 9.97. The van der Waals surface area contributed by atoms with Gasteiger partial charge in [-0.2, -0.15) is 0 Å². The summed E-state index contributed by atoms with van der Waals surface area (Å²) in [6, 6.07) is 5.76. The lowest BCUT2D eigenvalue weighted by Gasteiger charge is -2.21. The van der Waals surface area contributed by atoms with Gasteiger partial charge < -0.3 is 10.4 Å². The van der Waals surface area contributed by atoms with Gasteiger partial charge in [-0.15, -0.1) is 0 Å². The average Bonchev–Trinajstić information content (AvgIpc) is 2.55. The van der Waals surface area contributed by atoms with Crippen LogP contribution in [0.5, 0.6) is 0 Å². The molecule has 0 spiro atoms. The van der Waals surface area contributed by atoms with E-state index in [1.165, 1.54) is 31.4 Å². The van der Waals surface area contributed by atoms with Crippen molar-refractivity contribution in [3.63, 3.8) is 0 Å². The van der Waals surface area contributed by atoms with Crippen LogP contribution in [0.3, 0.4) is 0 Å². The fourth-order valence-electron chi connectivity index (χ4n) is 3.11. The summed E-state index contributed by atoms with van der Waals surface area (Å²) in [4.78, 5) is 12.1. The number of aliphatic hydroxyl groups is 1. The van der Waals surface area contributed by atoms with E-state index in [4.69, 9.17) is 5.11 Å². The standard InChI is InChI=1S/C18H28N2O4S/c21-14-6-7-15-10-12-17(13-11-15)25(23,24)20-18(22)19-16-8-4-2-1-3-5-9-16/h10-13,16,21H,1-9,14H2,(H2,19,20,22). The van der Waals surface area contributed by atoms with Crippen molar-refractivity contribution in [1.82, 2.24) is 10.0 Å². The molecule has 3 N–H and O–H groups in total. The Morgan fingerprint density at radius 3 is 2.24 bits per heavy atom. The fraction of sp³-hybridized carbons (Fsp3) is 0.611. The highest BCUT2D eigenvalue weighted by Gasteiger charge is 2.20. The Morgan fingerprint density at radius 2 is 1.64 bits per heavy atom. The number of benzene rings is 1. The van der Waals surface area contributed by atoms with Crippen molar-refractivity contribution >= 4 is 16.1 Å². The Labute approximate surface area is 150 Å². The molecule has 0 atom stereocenters. The molecule has 0 aliphatic heterocycles. The predicted molar refractivity (Wildman–Crippen MR) is 96.8 cm³/mol. The summed E-state index contributed by atoms with van der Waals surface area (Å²) < 4.78 is 26.7. The second-order valence-electron chi connectivity index (χ2n) is 6.59. The number of urea groups is 1. The van der Waals surface area contributed by atoms with Gasteiger partial charge in [0, 0.05) is 12.6 Å². The van der Waals surface area contributed by atoms with E-state index >= 15 is 0 Å². The zero-order valence-corrected chi connectivity index (χ0v) is 15.4. The molecule has 25 heavy (non-hydrogen) atoms. The molecule has 7 heteroatoms. The summed E-state index contributed by atoms with van der Waals surface area (Å²) in [7, 11) is -3.88. The van der Waals surface area contributed by atoms with Crippen LogP contribution in [0.25, 0.3) is 0 Å². The minimum Gasteiger partial charge on any atom is -0.396 e. The number of hydrogen-bond acceptors (Lipinski definition) is 4. The van der Waals surface area contributed by atoms with E-state index in [1.54, 1.807) is 12.1 Å². The molecular formula is C18H28N2O4S. The number of aliphatic hydroxyl groups excluding tert-OH is 1. The molecule has 0 unspecified atom stereocenters. The number of carbonyl (C=O) groups is 1. The minimum atomic E-state index is -3.88. The first kappa shape index (κ1) is 19.7. The third-order valence-corrected chi connectivity index (χ3v) is 5.87. The van der Waals surface area contributed by atoms with Gasteiger partial charge in [0.05, 0.1) is 4.90 Å². The highest BCUT2D eigenvalue weighted by molar-refractivity contribution is 7.90. The lowest BCUT2D eigenvalue weighted by Crippen LogP contribution is -2.44. The maximum atomic E-state index is 12.3. The molecule has 6 nitrogen and oxygen atoms in total. The first-order valence-electron chi connectivity index (χ1n) is 9.04. The molecule has 1 aliphatic rings. The maximum Gasteiger partial charge on any atom is 0.328 e. The molecular weight excluding hydrogens is 340 g/mol. The summed E-state index contributed by atoms with van der Waals surface area (Å²) in [5.41, 5.74) is 0.951. The van der Waals surface area contributed by atoms with Crippen LogP contribution < -0.4 is 10.0 Å². The van der Waals surface area contributed by atoms with Crippen LogP contribution in [0.2, 0.25) is 0 Å². The van der Waals surface area contributed by atoms with Crippen LogP contribution >= 0.6 is 0 Å². The van der Waals surface area contributed by atoms with Crippen molar-refractivity contribution in [3.05, 3.63) is 29.8 Å². The topological polar surface area (TPSA) is 95.5 Å². The highest BCUT2D eigenvalue weighted by atomic mass is 32.2. The first-order valence-corrected chi connectivity index (χ1v) is 10.5. The van der Waals surface area contributed by atoms with E-state index in [-0.39, 0.29) is 17.5 Å². The molecule has 1 aromatic carbocycles. The van der Waals surface area contributed by atoms with Crippen LogP contribution in [0.15, 0.2) is 29.2 Å². The van der Waals surface area contributed by atoms with Gasteiger partial charge in [-0.25, -0.2) is 17.9 Å². The molecule has 0 bridgehead atoms. The molecule has 0 saturated heterocycles. The monoisotopic (exact) mass is 368 g/mol. The first-order chi connectivity index (χ1) is 12.0. The normalized spacial score (nSPS) is 16.7. The van der Waals surface area contributed by atoms with Gasteiger partial charge in [0.1, 0.15) is 0 Å². The number of aryl methyl sites for hydroxylation is 1. The summed E-state index contributed by atoms with van der Waals surface area (Å²) in [5, 5.41) is 11.6. The van der Waals surface area contributed by atoms with Crippen molar-refractivity contribution in [1.29, 1.82) is 0 Å². The third kappa shape index (κ3) is 6.66. The molecule has 1 aliphatic carbocycles. The second kappa shape index (κ2) is 9.77. The average molecular weight is 368 g/mol. The van der Waals surface area contributed by atoms with E-state index < -0.39 is 16.1 Å². The number of sulfonamides is 1. The summed E-state index contributed by atoms with van der Waals surface area (Å²) in [6.07, 6.45) is 8.81. The Hall–Kier alpha value is -1.60. The summed E-state index contributed by atoms with van der Waals surface area (Å²) in [6.45, 7) is 0.100. The van der Waals surface area contributed by atoms with Gasteiger partial charge in [0.2, 0.25) is 0 Å². The molecule has 1 fully saturated rings. The maximum absolute atomic E-state index is 12.3. The van der Waals surface area contributed by atoms with Crippen molar-refractivity contribution in [2.24, 2.45) is 0 Å². The smallest absolute Gasteiger partial charge is 0.328 e. The second-order valence-corrected chi connectivity index (χ2v) is 8.27. The van der Waals surface area contributed by atoms with E-state index in [0.29, 0.717) is 12.8 Å². The number of hydrogen-bond donors (Lipinski definition) is 3. The quantitative estimate of drug-likeness (QED) is 0.719. The van der Waals surface area contributed by atoms with Crippen molar-refractivity contribution in [2.75, 3.05) is 6.61 Å². The van der Waals surface area contributed by atoms with E-state index in [1.807, 2.05) is 0 Å². The molecule has 0 radical (unpaired) electrons. The zero-order valence-electron chi connectivity index (χ0n) is 14.5. The van der Waals surface area contributed by atoms with Gasteiger partial charge in [-0.3, -0.25) is 0 Å². The van der Waals surface area contributed by atoms with E-state index in [2.05, 4.69) is 10.0 Å². The SMILES string of the molecule is O=C(NC1CCCCCCC1)NS(=O)(=O)c1ccc(CCCO)cc1. The van der Waals surface area contributed by atoms with Crippen LogP contribution in [0, 0.1) is 0 Å². The number of amides is 2. The zero-order chi connectivity index (χ0) is 18.1. The van der Waals surface area contributed by atoms with E-state index in [9.17, 15) is 13.2 Å². The van der Waals surface area contributed by atoms with Crippen LogP contribution in [0.1, 0.15) is 56.9 Å². The van der Waals surface area contributed by atoms with Crippen LogP contribution in [-0.2, 0) is 16.4 Å². The Bertz CT molecular complexity index is 636. The molecule has 1 saturated carbocycles. The lowest BCUT2D eigenvalue weighted by molar-refractivity contribution is 0.239. The predicted octanol–water partition coefficient (Wildman–Crippen LogP) is 2.71. The van der Waals surface area contributed by atoms with Gasteiger partial charge in [-0.1, -0.05) is 44.2 Å². The molecule has 1 aromatic rings. The molecule has 2 rings (SSSR count). The van der Waals surface area contributed by atoms with Gasteiger partial charge >= 0.3 is 6.03 Å². The number of carbonyl (C=O) groups excluding carboxylic acids is 1. The fourth-order valence-corrected chi connectivity index (χ4v) is 4.03. The summed E-state index contributed by atoms with van der Waals surface area (Å²) in [5.74, 6) is 0. The summed E-state index contributed by atoms with van der Waals surface area (Å²) >= 11 is 0. The Kier molecular flexibility index (Phi) is 7.71. The van der Waals surface area contributed by atoms with Crippen molar-refractivity contribution < 1.29 is 18.3 Å². The number of rotatable bonds is 6. The third-order valence-electron chi connectivity index (χ3n) is 4.52. The Balaban J connectivity index is 1.91. The minimum absolute atomic E-state index is 0.0383. The van der Waals surface area contributed by atoms with Gasteiger partial charge in [-0.05, 0) is 43.4 Å². The van der Waals surface area contributed by atoms with Crippen LogP contribution in [0.4, 0.5) is 4.79 Å².